The molecule has 0 aliphatic carbocycles. The summed E-state index contributed by atoms with van der Waals surface area (Å²) >= 11 is 1.90. The first-order chi connectivity index (χ1) is 21.6. The number of hydrogen-bond donors (Lipinski definition) is 0. The van der Waals surface area contributed by atoms with Gasteiger partial charge in [0.15, 0.2) is 0 Å². The Hall–Kier alpha value is -1.99. The van der Waals surface area contributed by atoms with Gasteiger partial charge in [-0.15, -0.1) is 0 Å². The SMILES string of the molecule is CCCCCCC1=C(c2cccc(CCCC)c2)[N+](=[N-])C(c2cccc(CCCC)c2)=C1CCCCC.CC[CH2][Ni][CH2]CC. The third kappa shape index (κ3) is 12.8. The minimum atomic E-state index is 1.02. The Balaban J connectivity index is 0.000000860. The molecular formula is C41H64N2Ni. The van der Waals surface area contributed by atoms with E-state index in [4.69, 9.17) is 0 Å². The van der Waals surface area contributed by atoms with Gasteiger partial charge in [-0.05, 0) is 86.8 Å². The number of rotatable bonds is 21. The first-order valence-corrected chi connectivity index (χ1v) is 19.5. The van der Waals surface area contributed by atoms with Crippen LogP contribution in [0, 0.1) is 0 Å². The molecule has 0 saturated carbocycles. The van der Waals surface area contributed by atoms with E-state index in [0.29, 0.717) is 0 Å². The topological polar surface area (TPSA) is 25.3 Å². The normalized spacial score (nSPS) is 13.2. The first-order valence-electron chi connectivity index (χ1n) is 18.1. The van der Waals surface area contributed by atoms with Crippen molar-refractivity contribution in [2.75, 3.05) is 0 Å². The molecule has 0 fully saturated rings. The Morgan fingerprint density at radius 2 is 0.932 bits per heavy atom. The van der Waals surface area contributed by atoms with Gasteiger partial charge in [0.05, 0.1) is 0 Å². The van der Waals surface area contributed by atoms with Crippen molar-refractivity contribution >= 4 is 11.4 Å². The van der Waals surface area contributed by atoms with Crippen LogP contribution in [0.25, 0.3) is 16.9 Å². The summed E-state index contributed by atoms with van der Waals surface area (Å²) in [7, 11) is 0. The second kappa shape index (κ2) is 23.4. The summed E-state index contributed by atoms with van der Waals surface area (Å²) in [5.41, 5.74) is 21.7. The van der Waals surface area contributed by atoms with Gasteiger partial charge >= 0.3 is 51.9 Å². The summed E-state index contributed by atoms with van der Waals surface area (Å²) in [4.78, 5) is 0. The van der Waals surface area contributed by atoms with Crippen LogP contribution < -0.4 is 0 Å². The van der Waals surface area contributed by atoms with Crippen molar-refractivity contribution in [2.45, 2.75) is 161 Å². The number of unbranched alkanes of at least 4 members (excludes halogenated alkanes) is 7. The van der Waals surface area contributed by atoms with Crippen LogP contribution in [0.4, 0.5) is 0 Å². The molecule has 0 radical (unpaired) electrons. The fourth-order valence-corrected chi connectivity index (χ4v) is 6.82. The average Bonchev–Trinajstić information content (AvgIpc) is 3.32. The standard InChI is InChI=1S/C35H50N2.2C3H7.Ni/c1-5-9-13-15-25-33-32(24-14-10-6-2)34(30-22-16-20-28(26-30)18-11-7-3)37(36)35(33)31-23-17-21-29(27-31)19-12-8-4;2*1-3-2;/h16-17,20-23,26-27H,5-15,18-19,24-25H2,1-4H3;2*1,3H2,2H3;. The van der Waals surface area contributed by atoms with E-state index < -0.39 is 0 Å². The van der Waals surface area contributed by atoms with Gasteiger partial charge in [0.1, 0.15) is 0 Å². The Morgan fingerprint density at radius 3 is 1.36 bits per heavy atom. The van der Waals surface area contributed by atoms with E-state index in [2.05, 4.69) is 90.1 Å². The molecule has 248 valence electrons. The van der Waals surface area contributed by atoms with Crippen LogP contribution in [0.15, 0.2) is 59.7 Å². The molecule has 0 unspecified atom stereocenters. The minimum absolute atomic E-state index is 1.02. The van der Waals surface area contributed by atoms with Crippen LogP contribution in [0.1, 0.15) is 160 Å². The zero-order valence-corrected chi connectivity index (χ0v) is 30.3. The van der Waals surface area contributed by atoms with Crippen molar-refractivity contribution in [3.63, 3.8) is 0 Å². The molecule has 44 heavy (non-hydrogen) atoms. The molecule has 2 nitrogen and oxygen atoms in total. The van der Waals surface area contributed by atoms with Gasteiger partial charge in [-0.2, -0.15) is 0 Å². The molecule has 3 rings (SSSR count). The van der Waals surface area contributed by atoms with Crippen molar-refractivity contribution in [1.29, 1.82) is 0 Å². The van der Waals surface area contributed by atoms with Crippen LogP contribution in [0.3, 0.4) is 0 Å². The van der Waals surface area contributed by atoms with Crippen molar-refractivity contribution < 1.29 is 19.1 Å². The average molecular weight is 644 g/mol. The number of aryl methyl sites for hydroxylation is 2. The molecule has 1 heterocycles. The molecule has 0 bridgehead atoms. The molecule has 0 aromatic heterocycles. The molecule has 0 amide bonds. The van der Waals surface area contributed by atoms with Crippen molar-refractivity contribution in [2.24, 2.45) is 0 Å². The molecule has 0 N–H and O–H groups in total. The summed E-state index contributed by atoms with van der Waals surface area (Å²) in [5.74, 6) is 0. The Bertz CT molecular complexity index is 1150. The van der Waals surface area contributed by atoms with Crippen molar-refractivity contribution in [3.05, 3.63) is 87.5 Å². The molecule has 0 atom stereocenters. The van der Waals surface area contributed by atoms with Gasteiger partial charge in [-0.25, -0.2) is 4.70 Å². The summed E-state index contributed by atoms with van der Waals surface area (Å²) < 4.78 is 1.56. The van der Waals surface area contributed by atoms with Crippen LogP contribution >= 0.6 is 0 Å². The predicted molar refractivity (Wildman–Crippen MR) is 191 cm³/mol. The zero-order chi connectivity index (χ0) is 32.0. The van der Waals surface area contributed by atoms with Gasteiger partial charge in [0.25, 0.3) is 0 Å². The fourth-order valence-electron chi connectivity index (χ4n) is 5.88. The van der Waals surface area contributed by atoms with Crippen LogP contribution in [-0.4, -0.2) is 4.70 Å². The predicted octanol–water partition coefficient (Wildman–Crippen LogP) is 13.8. The molecule has 0 saturated heterocycles. The van der Waals surface area contributed by atoms with E-state index in [1.165, 1.54) is 117 Å². The summed E-state index contributed by atoms with van der Waals surface area (Å²) in [6, 6.07) is 17.9. The second-order valence-electron chi connectivity index (χ2n) is 12.3. The van der Waals surface area contributed by atoms with Gasteiger partial charge in [-0.3, -0.25) is 0 Å². The molecule has 1 aliphatic heterocycles. The summed E-state index contributed by atoms with van der Waals surface area (Å²) in [6.45, 7) is 13.5. The number of allylic oxidation sites excluding steroid dienone is 2. The zero-order valence-electron chi connectivity index (χ0n) is 29.3. The van der Waals surface area contributed by atoms with E-state index in [1.807, 2.05) is 14.4 Å². The summed E-state index contributed by atoms with van der Waals surface area (Å²) in [6.07, 6.45) is 20.3. The molecule has 0 spiro atoms. The summed E-state index contributed by atoms with van der Waals surface area (Å²) in [5, 5.41) is 2.72. The monoisotopic (exact) mass is 642 g/mol. The van der Waals surface area contributed by atoms with Crippen molar-refractivity contribution in [3.8, 4) is 0 Å². The maximum atomic E-state index is 11.9. The quantitative estimate of drug-likeness (QED) is 0.0735. The van der Waals surface area contributed by atoms with Crippen molar-refractivity contribution in [1.82, 2.24) is 0 Å². The van der Waals surface area contributed by atoms with E-state index in [-0.39, 0.29) is 0 Å². The fraction of sp³-hybridized carbons (Fsp3) is 0.610. The first kappa shape index (κ1) is 38.2. The van der Waals surface area contributed by atoms with Gasteiger partial charge in [0.2, 0.25) is 11.4 Å². The molecule has 2 aromatic carbocycles. The van der Waals surface area contributed by atoms with Gasteiger partial charge in [0, 0.05) is 22.3 Å². The van der Waals surface area contributed by atoms with Crippen LogP contribution in [-0.2, 0) is 27.3 Å². The maximum absolute atomic E-state index is 11.9. The Kier molecular flexibility index (Phi) is 20.3. The molecule has 1 aliphatic rings. The Labute approximate surface area is 278 Å². The molecule has 3 heteroatoms. The van der Waals surface area contributed by atoms with Gasteiger partial charge < -0.3 is 5.53 Å². The number of benzene rings is 2. The second-order valence-corrected chi connectivity index (χ2v) is 13.8. The third-order valence-corrected chi connectivity index (χ3v) is 9.93. The molecule has 2 aromatic rings. The third-order valence-electron chi connectivity index (χ3n) is 8.25. The van der Waals surface area contributed by atoms with E-state index >= 15 is 0 Å². The van der Waals surface area contributed by atoms with Gasteiger partial charge in [-0.1, -0.05) is 96.9 Å². The number of nitrogens with zero attached hydrogens (tertiary/aromatic N) is 2. The number of hydrogen-bond acceptors (Lipinski definition) is 0. The van der Waals surface area contributed by atoms with E-state index in [0.717, 1.165) is 48.2 Å². The van der Waals surface area contributed by atoms with Crippen LogP contribution in [0.5, 0.6) is 0 Å². The van der Waals surface area contributed by atoms with E-state index in [9.17, 15) is 5.53 Å². The van der Waals surface area contributed by atoms with Crippen LogP contribution in [0.2, 0.25) is 10.8 Å². The molecular weight excluding hydrogens is 579 g/mol. The van der Waals surface area contributed by atoms with E-state index in [1.54, 1.807) is 4.70 Å². The Morgan fingerprint density at radius 1 is 0.500 bits per heavy atom.